The quantitative estimate of drug-likeness (QED) is 0.711. The minimum absolute atomic E-state index is 0.192. The Bertz CT molecular complexity index is 312. The van der Waals surface area contributed by atoms with E-state index in [0.717, 1.165) is 0 Å². The lowest BCUT2D eigenvalue weighted by molar-refractivity contribution is -0.117. The number of carbonyl (C=O) groups excluding carboxylic acids is 2. The molecule has 1 rings (SSSR count). The highest BCUT2D eigenvalue weighted by molar-refractivity contribution is 6.28. The lowest BCUT2D eigenvalue weighted by atomic mass is 10.5. The van der Waals surface area contributed by atoms with Crippen LogP contribution in [-0.4, -0.2) is 22.8 Å². The van der Waals surface area contributed by atoms with Gasteiger partial charge in [0.25, 0.3) is 0 Å². The summed E-state index contributed by atoms with van der Waals surface area (Å²) < 4.78 is 4.68. The summed E-state index contributed by atoms with van der Waals surface area (Å²) in [6.45, 7) is 0.192. The monoisotopic (exact) mass is 217 g/mol. The molecule has 1 heterocycles. The van der Waals surface area contributed by atoms with Crippen molar-refractivity contribution < 1.29 is 14.0 Å². The van der Waals surface area contributed by atoms with Crippen molar-refractivity contribution in [2.75, 3.05) is 5.88 Å². The fourth-order valence-electron chi connectivity index (χ4n) is 0.700. The summed E-state index contributed by atoms with van der Waals surface area (Å²) in [6, 6.07) is -0.612. The van der Waals surface area contributed by atoms with Crippen molar-refractivity contribution in [1.29, 1.82) is 0 Å². The van der Waals surface area contributed by atoms with E-state index in [1.54, 1.807) is 0 Å². The van der Waals surface area contributed by atoms with E-state index >= 15 is 0 Å². The molecule has 7 heteroatoms. The summed E-state index contributed by atoms with van der Waals surface area (Å²) in [7, 11) is 0. The van der Waals surface area contributed by atoms with Crippen LogP contribution in [0.4, 0.5) is 4.79 Å². The maximum absolute atomic E-state index is 10.9. The van der Waals surface area contributed by atoms with Crippen LogP contribution in [0.1, 0.15) is 5.69 Å². The Morgan fingerprint density at radius 1 is 1.57 bits per heavy atom. The number of urea groups is 1. The molecule has 6 nitrogen and oxygen atoms in total. The zero-order valence-corrected chi connectivity index (χ0v) is 7.87. The maximum Gasteiger partial charge on any atom is 0.321 e. The van der Waals surface area contributed by atoms with Crippen LogP contribution < -0.4 is 10.6 Å². The van der Waals surface area contributed by atoms with E-state index in [2.05, 4.69) is 14.7 Å². The van der Waals surface area contributed by atoms with Gasteiger partial charge in [0.15, 0.2) is 6.39 Å². The van der Waals surface area contributed by atoms with Gasteiger partial charge in [0.05, 0.1) is 12.2 Å². The number of carbonyl (C=O) groups is 2. The Morgan fingerprint density at radius 3 is 2.93 bits per heavy atom. The second kappa shape index (κ2) is 5.23. The number of halogens is 1. The van der Waals surface area contributed by atoms with Crippen LogP contribution in [0.25, 0.3) is 0 Å². The Morgan fingerprint density at radius 2 is 2.36 bits per heavy atom. The van der Waals surface area contributed by atoms with Gasteiger partial charge in [-0.15, -0.1) is 11.6 Å². The number of hydrogen-bond donors (Lipinski definition) is 2. The van der Waals surface area contributed by atoms with Gasteiger partial charge in [0, 0.05) is 0 Å². The van der Waals surface area contributed by atoms with Gasteiger partial charge in [-0.1, -0.05) is 0 Å². The molecule has 76 valence electrons. The number of rotatable bonds is 3. The number of hydrogen-bond acceptors (Lipinski definition) is 4. The normalized spacial score (nSPS) is 9.50. The Kier molecular flexibility index (Phi) is 3.93. The molecule has 0 aliphatic carbocycles. The average Bonchev–Trinajstić information content (AvgIpc) is 2.67. The van der Waals surface area contributed by atoms with Gasteiger partial charge in [-0.2, -0.15) is 0 Å². The van der Waals surface area contributed by atoms with E-state index in [-0.39, 0.29) is 12.4 Å². The molecule has 1 aromatic heterocycles. The second-order valence-electron chi connectivity index (χ2n) is 2.34. The largest absolute Gasteiger partial charge is 0.451 e. The first kappa shape index (κ1) is 10.5. The summed E-state index contributed by atoms with van der Waals surface area (Å²) in [6.07, 6.45) is 2.64. The van der Waals surface area contributed by atoms with Gasteiger partial charge >= 0.3 is 6.03 Å². The molecule has 0 aliphatic rings. The van der Waals surface area contributed by atoms with Gasteiger partial charge in [-0.25, -0.2) is 9.78 Å². The lowest BCUT2D eigenvalue weighted by Gasteiger charge is -2.02. The van der Waals surface area contributed by atoms with Crippen LogP contribution in [0.5, 0.6) is 0 Å². The standard InChI is InChI=1S/C7H8ClN3O3/c8-1-6(12)11-7(13)9-2-5-3-14-4-10-5/h3-4H,1-2H2,(H2,9,11,12,13). The molecule has 1 aromatic rings. The minimum atomic E-state index is -0.612. The molecular formula is C7H8ClN3O3. The molecule has 0 fully saturated rings. The molecule has 0 aromatic carbocycles. The first-order valence-electron chi connectivity index (χ1n) is 3.73. The highest BCUT2D eigenvalue weighted by Crippen LogP contribution is 1.92. The van der Waals surface area contributed by atoms with Crippen LogP contribution in [-0.2, 0) is 11.3 Å². The van der Waals surface area contributed by atoms with Crippen molar-refractivity contribution >= 4 is 23.5 Å². The number of imide groups is 1. The van der Waals surface area contributed by atoms with E-state index in [1.165, 1.54) is 12.7 Å². The van der Waals surface area contributed by atoms with Gasteiger partial charge in [-0.3, -0.25) is 10.1 Å². The fourth-order valence-corrected chi connectivity index (χ4v) is 0.767. The molecule has 0 aliphatic heterocycles. The molecular weight excluding hydrogens is 210 g/mol. The predicted octanol–water partition coefficient (Wildman–Crippen LogP) is 0.239. The number of nitrogens with zero attached hydrogens (tertiary/aromatic N) is 1. The number of nitrogens with one attached hydrogen (secondary N) is 2. The predicted molar refractivity (Wildman–Crippen MR) is 47.6 cm³/mol. The number of aromatic nitrogens is 1. The summed E-state index contributed by atoms with van der Waals surface area (Å²) >= 11 is 5.18. The highest BCUT2D eigenvalue weighted by Gasteiger charge is 2.05. The second-order valence-corrected chi connectivity index (χ2v) is 2.61. The Balaban J connectivity index is 2.25. The third-order valence-electron chi connectivity index (χ3n) is 1.29. The smallest absolute Gasteiger partial charge is 0.321 e. The van der Waals surface area contributed by atoms with E-state index in [4.69, 9.17) is 11.6 Å². The molecule has 2 N–H and O–H groups in total. The molecule has 0 saturated carbocycles. The zero-order chi connectivity index (χ0) is 10.4. The summed E-state index contributed by atoms with van der Waals surface area (Å²) in [5, 5.41) is 4.41. The number of oxazole rings is 1. The molecule has 3 amide bonds. The Hall–Kier alpha value is -1.56. The van der Waals surface area contributed by atoms with Crippen molar-refractivity contribution in [3.05, 3.63) is 18.4 Å². The maximum atomic E-state index is 10.9. The van der Waals surface area contributed by atoms with Crippen LogP contribution in [0.3, 0.4) is 0 Å². The molecule has 0 radical (unpaired) electrons. The van der Waals surface area contributed by atoms with Gasteiger partial charge < -0.3 is 9.73 Å². The number of alkyl halides is 1. The molecule has 0 unspecified atom stereocenters. The lowest BCUT2D eigenvalue weighted by Crippen LogP contribution is -2.39. The zero-order valence-electron chi connectivity index (χ0n) is 7.12. The molecule has 0 bridgehead atoms. The topological polar surface area (TPSA) is 84.2 Å². The van der Waals surface area contributed by atoms with Crippen LogP contribution in [0.2, 0.25) is 0 Å². The summed E-state index contributed by atoms with van der Waals surface area (Å²) in [5.74, 6) is -0.804. The summed E-state index contributed by atoms with van der Waals surface area (Å²) in [5.41, 5.74) is 0.568. The van der Waals surface area contributed by atoms with Crippen molar-refractivity contribution in [2.24, 2.45) is 0 Å². The SMILES string of the molecule is O=C(CCl)NC(=O)NCc1cocn1. The summed E-state index contributed by atoms with van der Waals surface area (Å²) in [4.78, 5) is 25.4. The van der Waals surface area contributed by atoms with Crippen molar-refractivity contribution in [1.82, 2.24) is 15.6 Å². The highest BCUT2D eigenvalue weighted by atomic mass is 35.5. The van der Waals surface area contributed by atoms with Crippen LogP contribution in [0.15, 0.2) is 17.1 Å². The van der Waals surface area contributed by atoms with E-state index < -0.39 is 11.9 Å². The van der Waals surface area contributed by atoms with E-state index in [1.807, 2.05) is 5.32 Å². The van der Waals surface area contributed by atoms with Gasteiger partial charge in [-0.05, 0) is 0 Å². The third-order valence-corrected chi connectivity index (χ3v) is 1.53. The van der Waals surface area contributed by atoms with Gasteiger partial charge in [0.1, 0.15) is 12.1 Å². The number of amides is 3. The molecule has 0 spiro atoms. The average molecular weight is 218 g/mol. The molecule has 0 atom stereocenters. The van der Waals surface area contributed by atoms with Crippen LogP contribution in [0, 0.1) is 0 Å². The van der Waals surface area contributed by atoms with Crippen molar-refractivity contribution in [3.63, 3.8) is 0 Å². The fraction of sp³-hybridized carbons (Fsp3) is 0.286. The van der Waals surface area contributed by atoms with Crippen molar-refractivity contribution in [2.45, 2.75) is 6.54 Å². The van der Waals surface area contributed by atoms with E-state index in [9.17, 15) is 9.59 Å². The Labute approximate surface area is 84.6 Å². The first-order chi connectivity index (χ1) is 6.72. The molecule has 0 saturated heterocycles. The minimum Gasteiger partial charge on any atom is -0.451 e. The first-order valence-corrected chi connectivity index (χ1v) is 4.26. The van der Waals surface area contributed by atoms with Gasteiger partial charge in [0.2, 0.25) is 5.91 Å². The molecule has 14 heavy (non-hydrogen) atoms. The van der Waals surface area contributed by atoms with Crippen molar-refractivity contribution in [3.8, 4) is 0 Å². The van der Waals surface area contributed by atoms with Crippen LogP contribution >= 0.6 is 11.6 Å². The third kappa shape index (κ3) is 3.44. The van der Waals surface area contributed by atoms with E-state index in [0.29, 0.717) is 5.69 Å².